The van der Waals surface area contributed by atoms with Crippen LogP contribution in [0, 0.1) is 6.92 Å². The van der Waals surface area contributed by atoms with Crippen LogP contribution in [-0.2, 0) is 14.3 Å². The Hall–Kier alpha value is -3.15. The predicted molar refractivity (Wildman–Crippen MR) is 90.4 cm³/mol. The molecule has 2 aromatic rings. The number of rotatable bonds is 4. The summed E-state index contributed by atoms with van der Waals surface area (Å²) in [4.78, 5) is 35.8. The molecule has 0 saturated carbocycles. The van der Waals surface area contributed by atoms with E-state index in [2.05, 4.69) is 10.1 Å². The Bertz CT molecular complexity index is 859. The minimum atomic E-state index is -0.604. The number of anilines is 1. The first-order chi connectivity index (χ1) is 12.0. The van der Waals surface area contributed by atoms with Crippen molar-refractivity contribution in [2.75, 3.05) is 12.4 Å². The van der Waals surface area contributed by atoms with Gasteiger partial charge in [-0.05, 0) is 30.7 Å². The molecule has 1 aliphatic rings. The van der Waals surface area contributed by atoms with Crippen LogP contribution in [0.5, 0.6) is 0 Å². The summed E-state index contributed by atoms with van der Waals surface area (Å²) in [5.74, 6) is -1.20. The zero-order valence-electron chi connectivity index (χ0n) is 13.9. The second-order valence-corrected chi connectivity index (χ2v) is 5.75. The number of fused-ring (bicyclic) bond motifs is 1. The fourth-order valence-electron chi connectivity index (χ4n) is 2.74. The molecular formula is C19H17NO5. The maximum absolute atomic E-state index is 12.4. The van der Waals surface area contributed by atoms with Gasteiger partial charge < -0.3 is 14.8 Å². The highest BCUT2D eigenvalue weighted by Crippen LogP contribution is 2.33. The fourth-order valence-corrected chi connectivity index (χ4v) is 2.74. The quantitative estimate of drug-likeness (QED) is 0.866. The summed E-state index contributed by atoms with van der Waals surface area (Å²) >= 11 is 0. The number of esters is 2. The SMILES string of the molecule is COC(=O)c1ccc(C)c(NC(=O)C[C@H]2OC(=O)c3ccccc32)c1. The molecule has 0 radical (unpaired) electrons. The van der Waals surface area contributed by atoms with E-state index in [4.69, 9.17) is 4.74 Å². The predicted octanol–water partition coefficient (Wildman–Crippen LogP) is 3.02. The molecule has 3 rings (SSSR count). The molecule has 0 bridgehead atoms. The number of nitrogens with one attached hydrogen (secondary N) is 1. The summed E-state index contributed by atoms with van der Waals surface area (Å²) in [7, 11) is 1.30. The fraction of sp³-hybridized carbons (Fsp3) is 0.211. The molecule has 6 heteroatoms. The topological polar surface area (TPSA) is 81.7 Å². The van der Waals surface area contributed by atoms with E-state index in [1.54, 1.807) is 42.5 Å². The van der Waals surface area contributed by atoms with E-state index in [1.807, 2.05) is 6.92 Å². The number of carbonyl (C=O) groups is 3. The van der Waals surface area contributed by atoms with Crippen molar-refractivity contribution in [1.82, 2.24) is 0 Å². The summed E-state index contributed by atoms with van der Waals surface area (Å²) in [6.45, 7) is 1.82. The Morgan fingerprint density at radius 2 is 1.96 bits per heavy atom. The largest absolute Gasteiger partial charge is 0.465 e. The summed E-state index contributed by atoms with van der Waals surface area (Å²) < 4.78 is 9.96. The molecule has 2 aromatic carbocycles. The molecular weight excluding hydrogens is 322 g/mol. The normalized spacial score (nSPS) is 15.3. The summed E-state index contributed by atoms with van der Waals surface area (Å²) in [6, 6.07) is 11.9. The molecule has 0 spiro atoms. The smallest absolute Gasteiger partial charge is 0.339 e. The van der Waals surface area contributed by atoms with Crippen molar-refractivity contribution in [3.8, 4) is 0 Å². The van der Waals surface area contributed by atoms with Crippen LogP contribution >= 0.6 is 0 Å². The summed E-state index contributed by atoms with van der Waals surface area (Å²) in [5.41, 5.74) is 2.88. The lowest BCUT2D eigenvalue weighted by Crippen LogP contribution is -2.17. The van der Waals surface area contributed by atoms with Gasteiger partial charge in [-0.3, -0.25) is 4.79 Å². The van der Waals surface area contributed by atoms with Gasteiger partial charge in [0.1, 0.15) is 6.10 Å². The van der Waals surface area contributed by atoms with E-state index in [0.29, 0.717) is 22.4 Å². The lowest BCUT2D eigenvalue weighted by Gasteiger charge is -2.13. The van der Waals surface area contributed by atoms with Crippen LogP contribution in [-0.4, -0.2) is 25.0 Å². The van der Waals surface area contributed by atoms with Gasteiger partial charge in [-0.15, -0.1) is 0 Å². The molecule has 0 unspecified atom stereocenters. The number of hydrogen-bond donors (Lipinski definition) is 1. The van der Waals surface area contributed by atoms with Crippen molar-refractivity contribution >= 4 is 23.5 Å². The molecule has 0 aromatic heterocycles. The van der Waals surface area contributed by atoms with Crippen molar-refractivity contribution in [2.45, 2.75) is 19.4 Å². The molecule has 128 valence electrons. The standard InChI is InChI=1S/C19H17NO5/c1-11-7-8-12(18(22)24-2)9-15(11)20-17(21)10-16-13-5-3-4-6-14(13)19(23)25-16/h3-9,16H,10H2,1-2H3,(H,20,21)/t16-/m1/s1. The number of hydrogen-bond acceptors (Lipinski definition) is 5. The molecule has 0 fully saturated rings. The van der Waals surface area contributed by atoms with E-state index >= 15 is 0 Å². The van der Waals surface area contributed by atoms with Crippen LogP contribution in [0.15, 0.2) is 42.5 Å². The van der Waals surface area contributed by atoms with E-state index in [-0.39, 0.29) is 12.3 Å². The number of aryl methyl sites for hydroxylation is 1. The number of ether oxygens (including phenoxy) is 2. The average molecular weight is 339 g/mol. The van der Waals surface area contributed by atoms with E-state index < -0.39 is 18.0 Å². The van der Waals surface area contributed by atoms with Gasteiger partial charge in [-0.2, -0.15) is 0 Å². The van der Waals surface area contributed by atoms with Gasteiger partial charge >= 0.3 is 11.9 Å². The minimum Gasteiger partial charge on any atom is -0.465 e. The molecule has 1 amide bonds. The van der Waals surface area contributed by atoms with Crippen molar-refractivity contribution in [3.05, 3.63) is 64.7 Å². The first-order valence-corrected chi connectivity index (χ1v) is 7.78. The van der Waals surface area contributed by atoms with Crippen molar-refractivity contribution in [3.63, 3.8) is 0 Å². The van der Waals surface area contributed by atoms with Crippen LogP contribution in [0.25, 0.3) is 0 Å². The first-order valence-electron chi connectivity index (χ1n) is 7.78. The summed E-state index contributed by atoms with van der Waals surface area (Å²) in [5, 5.41) is 2.76. The zero-order chi connectivity index (χ0) is 18.0. The lowest BCUT2D eigenvalue weighted by atomic mass is 10.0. The highest BCUT2D eigenvalue weighted by Gasteiger charge is 2.32. The van der Waals surface area contributed by atoms with Gasteiger partial charge in [-0.25, -0.2) is 9.59 Å². The van der Waals surface area contributed by atoms with Crippen LogP contribution in [0.4, 0.5) is 5.69 Å². The van der Waals surface area contributed by atoms with E-state index in [1.165, 1.54) is 7.11 Å². The summed E-state index contributed by atoms with van der Waals surface area (Å²) in [6.07, 6.45) is -0.599. The number of methoxy groups -OCH3 is 1. The second-order valence-electron chi connectivity index (χ2n) is 5.75. The third kappa shape index (κ3) is 3.38. The molecule has 0 aliphatic carbocycles. The third-order valence-electron chi connectivity index (χ3n) is 4.08. The maximum Gasteiger partial charge on any atom is 0.339 e. The second kappa shape index (κ2) is 6.76. The molecule has 1 N–H and O–H groups in total. The van der Waals surface area contributed by atoms with Crippen LogP contribution in [0.3, 0.4) is 0 Å². The van der Waals surface area contributed by atoms with Crippen molar-refractivity contribution in [1.29, 1.82) is 0 Å². The number of carbonyl (C=O) groups excluding carboxylic acids is 3. The highest BCUT2D eigenvalue weighted by molar-refractivity contribution is 5.97. The van der Waals surface area contributed by atoms with Gasteiger partial charge in [0, 0.05) is 11.3 Å². The Morgan fingerprint density at radius 3 is 2.72 bits per heavy atom. The van der Waals surface area contributed by atoms with Crippen LogP contribution in [0.1, 0.15) is 44.4 Å². The monoisotopic (exact) mass is 339 g/mol. The number of cyclic esters (lactones) is 1. The Labute approximate surface area is 144 Å². The molecule has 1 heterocycles. The number of benzene rings is 2. The molecule has 1 atom stereocenters. The Kier molecular flexibility index (Phi) is 4.52. The zero-order valence-corrected chi connectivity index (χ0v) is 13.9. The lowest BCUT2D eigenvalue weighted by molar-refractivity contribution is -0.118. The van der Waals surface area contributed by atoms with Gasteiger partial charge in [0.2, 0.25) is 5.91 Å². The Morgan fingerprint density at radius 1 is 1.20 bits per heavy atom. The highest BCUT2D eigenvalue weighted by atomic mass is 16.5. The first kappa shape index (κ1) is 16.7. The molecule has 1 aliphatic heterocycles. The van der Waals surface area contributed by atoms with Crippen molar-refractivity contribution in [2.24, 2.45) is 0 Å². The average Bonchev–Trinajstić information content (AvgIpc) is 2.92. The van der Waals surface area contributed by atoms with Crippen LogP contribution in [0.2, 0.25) is 0 Å². The van der Waals surface area contributed by atoms with Gasteiger partial charge in [0.15, 0.2) is 0 Å². The maximum atomic E-state index is 12.4. The van der Waals surface area contributed by atoms with Gasteiger partial charge in [-0.1, -0.05) is 24.3 Å². The van der Waals surface area contributed by atoms with E-state index in [0.717, 1.165) is 5.56 Å². The minimum absolute atomic E-state index is 0.00461. The van der Waals surface area contributed by atoms with Gasteiger partial charge in [0.25, 0.3) is 0 Å². The third-order valence-corrected chi connectivity index (χ3v) is 4.08. The van der Waals surface area contributed by atoms with Gasteiger partial charge in [0.05, 0.1) is 24.7 Å². The molecule has 6 nitrogen and oxygen atoms in total. The van der Waals surface area contributed by atoms with Crippen molar-refractivity contribution < 1.29 is 23.9 Å². The Balaban J connectivity index is 1.74. The number of amides is 1. The van der Waals surface area contributed by atoms with E-state index in [9.17, 15) is 14.4 Å². The molecule has 0 saturated heterocycles. The molecule has 25 heavy (non-hydrogen) atoms. The van der Waals surface area contributed by atoms with Crippen LogP contribution < -0.4 is 5.32 Å².